The van der Waals surface area contributed by atoms with E-state index < -0.39 is 0 Å². The maximum Gasteiger partial charge on any atom is 0.226 e. The minimum absolute atomic E-state index is 0.0481. The molecule has 4 nitrogen and oxygen atoms in total. The first kappa shape index (κ1) is 17.4. The number of rotatable bonds is 5. The molecule has 1 aromatic heterocycles. The van der Waals surface area contributed by atoms with Crippen LogP contribution in [0.5, 0.6) is 0 Å². The van der Waals surface area contributed by atoms with Gasteiger partial charge in [0.1, 0.15) is 0 Å². The van der Waals surface area contributed by atoms with Crippen LogP contribution in [-0.2, 0) is 30.5 Å². The fraction of sp³-hybridized carbons (Fsp3) is 0.476. The smallest absolute Gasteiger partial charge is 0.226 e. The van der Waals surface area contributed by atoms with Crippen molar-refractivity contribution in [3.63, 3.8) is 0 Å². The lowest BCUT2D eigenvalue weighted by atomic mass is 9.89. The number of aryl methyl sites for hydroxylation is 4. The van der Waals surface area contributed by atoms with Gasteiger partial charge in [0, 0.05) is 23.3 Å². The zero-order chi connectivity index (χ0) is 17.9. The van der Waals surface area contributed by atoms with Crippen molar-refractivity contribution in [2.45, 2.75) is 64.2 Å². The Labute approximate surface area is 158 Å². The number of Topliss-reactive ketones (excluding diaryl/α,β-unsaturated/α-hetero) is 1. The van der Waals surface area contributed by atoms with Gasteiger partial charge in [0.15, 0.2) is 10.9 Å². The Morgan fingerprint density at radius 2 is 1.73 bits per heavy atom. The molecule has 5 heteroatoms. The summed E-state index contributed by atoms with van der Waals surface area (Å²) in [5.74, 6) is -0.0747. The van der Waals surface area contributed by atoms with Gasteiger partial charge in [-0.1, -0.05) is 12.1 Å². The molecule has 0 bridgehead atoms. The maximum atomic E-state index is 12.5. The van der Waals surface area contributed by atoms with Crippen LogP contribution in [0, 0.1) is 0 Å². The van der Waals surface area contributed by atoms with E-state index in [1.807, 2.05) is 12.1 Å². The molecule has 1 aromatic carbocycles. The fourth-order valence-electron chi connectivity index (χ4n) is 3.87. The summed E-state index contributed by atoms with van der Waals surface area (Å²) in [6, 6.07) is 6.03. The fourth-order valence-corrected chi connectivity index (χ4v) is 4.93. The van der Waals surface area contributed by atoms with E-state index in [0.29, 0.717) is 5.13 Å². The zero-order valence-corrected chi connectivity index (χ0v) is 15.8. The number of hydrogen-bond acceptors (Lipinski definition) is 4. The molecule has 26 heavy (non-hydrogen) atoms. The summed E-state index contributed by atoms with van der Waals surface area (Å²) < 4.78 is 0. The average Bonchev–Trinajstić information content (AvgIpc) is 3.08. The molecule has 4 rings (SSSR count). The Balaban J connectivity index is 1.32. The molecule has 136 valence electrons. The molecule has 0 spiro atoms. The first-order valence-corrected chi connectivity index (χ1v) is 10.4. The van der Waals surface area contributed by atoms with Gasteiger partial charge in [0.25, 0.3) is 0 Å². The second-order valence-corrected chi connectivity index (χ2v) is 8.34. The van der Waals surface area contributed by atoms with Gasteiger partial charge in [-0.2, -0.15) is 0 Å². The van der Waals surface area contributed by atoms with E-state index in [9.17, 15) is 9.59 Å². The third-order valence-corrected chi connectivity index (χ3v) is 6.41. The summed E-state index contributed by atoms with van der Waals surface area (Å²) in [4.78, 5) is 30.5. The van der Waals surface area contributed by atoms with Crippen LogP contribution in [0.2, 0.25) is 0 Å². The van der Waals surface area contributed by atoms with E-state index >= 15 is 0 Å². The van der Waals surface area contributed by atoms with Crippen molar-refractivity contribution in [3.8, 4) is 0 Å². The van der Waals surface area contributed by atoms with Crippen LogP contribution in [0.3, 0.4) is 0 Å². The standard InChI is InChI=1S/C21H24N2O2S/c24-18(16-10-9-14-5-1-2-6-15(14)13-16)11-12-20(25)23-21-22-17-7-3-4-8-19(17)26-21/h9-10,13H,1-8,11-12H2,(H,22,23,25). The van der Waals surface area contributed by atoms with Crippen molar-refractivity contribution in [2.75, 3.05) is 5.32 Å². The first-order valence-electron chi connectivity index (χ1n) is 9.62. The van der Waals surface area contributed by atoms with Gasteiger partial charge in [0.05, 0.1) is 5.69 Å². The third-order valence-electron chi connectivity index (χ3n) is 5.34. The highest BCUT2D eigenvalue weighted by Gasteiger charge is 2.17. The SMILES string of the molecule is O=C(CCC(=O)c1ccc2c(c1)CCCC2)Nc1nc2c(s1)CCCC2. The molecule has 0 fully saturated rings. The Hall–Kier alpha value is -2.01. The van der Waals surface area contributed by atoms with Gasteiger partial charge < -0.3 is 5.32 Å². The molecule has 0 saturated heterocycles. The molecule has 1 heterocycles. The van der Waals surface area contributed by atoms with E-state index in [0.717, 1.165) is 36.9 Å². The number of thiazole rings is 1. The molecule has 1 amide bonds. The van der Waals surface area contributed by atoms with E-state index in [1.54, 1.807) is 11.3 Å². The van der Waals surface area contributed by atoms with Crippen molar-refractivity contribution in [3.05, 3.63) is 45.5 Å². The third kappa shape index (κ3) is 3.88. The van der Waals surface area contributed by atoms with Crippen LogP contribution in [0.1, 0.15) is 70.6 Å². The van der Waals surface area contributed by atoms with Gasteiger partial charge in [0.2, 0.25) is 5.91 Å². The van der Waals surface area contributed by atoms with Crippen molar-refractivity contribution in [1.82, 2.24) is 4.98 Å². The van der Waals surface area contributed by atoms with Gasteiger partial charge in [-0.25, -0.2) is 4.98 Å². The minimum atomic E-state index is -0.123. The van der Waals surface area contributed by atoms with Crippen molar-refractivity contribution in [2.24, 2.45) is 0 Å². The van der Waals surface area contributed by atoms with Crippen LogP contribution in [0.4, 0.5) is 5.13 Å². The van der Waals surface area contributed by atoms with Crippen molar-refractivity contribution >= 4 is 28.2 Å². The number of carbonyl (C=O) groups is 2. The van der Waals surface area contributed by atoms with Crippen LogP contribution < -0.4 is 5.32 Å². The molecule has 0 atom stereocenters. The number of carbonyl (C=O) groups excluding carboxylic acids is 2. The van der Waals surface area contributed by atoms with Crippen LogP contribution >= 0.6 is 11.3 Å². The minimum Gasteiger partial charge on any atom is -0.302 e. The van der Waals surface area contributed by atoms with Crippen molar-refractivity contribution < 1.29 is 9.59 Å². The largest absolute Gasteiger partial charge is 0.302 e. The predicted octanol–water partition coefficient (Wildman–Crippen LogP) is 4.50. The average molecular weight is 369 g/mol. The Bertz CT molecular complexity index is 817. The normalized spacial score (nSPS) is 15.8. The molecule has 0 radical (unpaired) electrons. The molecule has 1 N–H and O–H groups in total. The van der Waals surface area contributed by atoms with E-state index in [-0.39, 0.29) is 24.5 Å². The number of anilines is 1. The summed E-state index contributed by atoms with van der Waals surface area (Å²) in [7, 11) is 0. The monoisotopic (exact) mass is 368 g/mol. The summed E-state index contributed by atoms with van der Waals surface area (Å²) in [5, 5.41) is 3.56. The molecule has 0 saturated carbocycles. The topological polar surface area (TPSA) is 59.1 Å². The van der Waals surface area contributed by atoms with Crippen LogP contribution in [0.25, 0.3) is 0 Å². The highest BCUT2D eigenvalue weighted by Crippen LogP contribution is 2.29. The second-order valence-electron chi connectivity index (χ2n) is 7.26. The van der Waals surface area contributed by atoms with E-state index in [4.69, 9.17) is 0 Å². The lowest BCUT2D eigenvalue weighted by Gasteiger charge is -2.16. The molecule has 0 aliphatic heterocycles. The van der Waals surface area contributed by atoms with Crippen LogP contribution in [0.15, 0.2) is 18.2 Å². The number of amides is 1. The Morgan fingerprint density at radius 1 is 0.962 bits per heavy atom. The van der Waals surface area contributed by atoms with Crippen molar-refractivity contribution in [1.29, 1.82) is 0 Å². The van der Waals surface area contributed by atoms with Gasteiger partial charge in [-0.15, -0.1) is 11.3 Å². The Kier molecular flexibility index (Phi) is 5.16. The number of nitrogens with one attached hydrogen (secondary N) is 1. The molecule has 2 aliphatic rings. The number of nitrogens with zero attached hydrogens (tertiary/aromatic N) is 1. The lowest BCUT2D eigenvalue weighted by molar-refractivity contribution is -0.116. The molecule has 2 aromatic rings. The number of benzene rings is 1. The molecule has 2 aliphatic carbocycles. The van der Waals surface area contributed by atoms with Gasteiger partial charge >= 0.3 is 0 Å². The summed E-state index contributed by atoms with van der Waals surface area (Å²) in [6.07, 6.45) is 9.53. The highest BCUT2D eigenvalue weighted by molar-refractivity contribution is 7.15. The molecular weight excluding hydrogens is 344 g/mol. The quantitative estimate of drug-likeness (QED) is 0.791. The number of hydrogen-bond donors (Lipinski definition) is 1. The molecular formula is C21H24N2O2S. The van der Waals surface area contributed by atoms with Gasteiger partial charge in [-0.05, 0) is 68.6 Å². The first-order chi connectivity index (χ1) is 12.7. The number of ketones is 1. The predicted molar refractivity (Wildman–Crippen MR) is 104 cm³/mol. The zero-order valence-electron chi connectivity index (χ0n) is 15.0. The summed E-state index contributed by atoms with van der Waals surface area (Å²) in [5.41, 5.74) is 4.56. The summed E-state index contributed by atoms with van der Waals surface area (Å²) >= 11 is 1.58. The summed E-state index contributed by atoms with van der Waals surface area (Å²) in [6.45, 7) is 0. The van der Waals surface area contributed by atoms with E-state index in [1.165, 1.54) is 41.7 Å². The number of fused-ring (bicyclic) bond motifs is 2. The highest BCUT2D eigenvalue weighted by atomic mass is 32.1. The second kappa shape index (κ2) is 7.70. The van der Waals surface area contributed by atoms with Gasteiger partial charge in [-0.3, -0.25) is 9.59 Å². The van der Waals surface area contributed by atoms with Crippen LogP contribution in [-0.4, -0.2) is 16.7 Å². The number of aromatic nitrogens is 1. The maximum absolute atomic E-state index is 12.5. The molecule has 0 unspecified atom stereocenters. The Morgan fingerprint density at radius 3 is 2.58 bits per heavy atom. The lowest BCUT2D eigenvalue weighted by Crippen LogP contribution is -2.14. The van der Waals surface area contributed by atoms with E-state index in [2.05, 4.69) is 16.4 Å².